The molecule has 3 aliphatic heterocycles. The highest BCUT2D eigenvalue weighted by atomic mass is 16.5. The van der Waals surface area contributed by atoms with E-state index in [-0.39, 0.29) is 34.7 Å². The molecule has 1 aromatic rings. The summed E-state index contributed by atoms with van der Waals surface area (Å²) in [6.45, 7) is 3.96. The molecule has 7 atom stereocenters. The summed E-state index contributed by atoms with van der Waals surface area (Å²) >= 11 is 0. The summed E-state index contributed by atoms with van der Waals surface area (Å²) in [5.41, 5.74) is 2.49. The van der Waals surface area contributed by atoms with Gasteiger partial charge in [-0.2, -0.15) is 0 Å². The highest BCUT2D eigenvalue weighted by Crippen LogP contribution is 2.63. The summed E-state index contributed by atoms with van der Waals surface area (Å²) in [5, 5.41) is 27.6. The van der Waals surface area contributed by atoms with Crippen LogP contribution in [-0.4, -0.2) is 41.5 Å². The van der Waals surface area contributed by atoms with Gasteiger partial charge in [-0.25, -0.2) is 0 Å². The molecular weight excluding hydrogens is 288 g/mol. The molecule has 2 bridgehead atoms. The van der Waals surface area contributed by atoms with E-state index < -0.39 is 0 Å². The van der Waals surface area contributed by atoms with Crippen LogP contribution < -0.4 is 5.32 Å². The van der Waals surface area contributed by atoms with Gasteiger partial charge in [0.15, 0.2) is 0 Å². The second-order valence-corrected chi connectivity index (χ2v) is 8.25. The Morgan fingerprint density at radius 1 is 1.39 bits per heavy atom. The summed E-state index contributed by atoms with van der Waals surface area (Å²) in [4.78, 5) is 0. The van der Waals surface area contributed by atoms with Gasteiger partial charge in [-0.3, -0.25) is 0 Å². The first kappa shape index (κ1) is 14.3. The summed E-state index contributed by atoms with van der Waals surface area (Å²) in [5.74, 6) is 1.23. The lowest BCUT2D eigenvalue weighted by atomic mass is 9.54. The molecule has 4 nitrogen and oxygen atoms in total. The van der Waals surface area contributed by atoms with Crippen molar-refractivity contribution in [3.8, 4) is 0 Å². The second kappa shape index (κ2) is 4.50. The van der Waals surface area contributed by atoms with Crippen LogP contribution in [0.4, 0.5) is 5.69 Å². The number of fused-ring (bicyclic) bond motifs is 2. The first-order chi connectivity index (χ1) is 11.1. The van der Waals surface area contributed by atoms with Gasteiger partial charge in [0.05, 0.1) is 18.5 Å². The van der Waals surface area contributed by atoms with Gasteiger partial charge in [-0.15, -0.1) is 0 Å². The average Bonchev–Trinajstić information content (AvgIpc) is 3.08. The summed E-state index contributed by atoms with van der Waals surface area (Å²) in [6, 6.07) is 8.96. The molecule has 1 unspecified atom stereocenters. The van der Waals surface area contributed by atoms with Gasteiger partial charge >= 0.3 is 0 Å². The number of anilines is 1. The largest absolute Gasteiger partial charge is 0.633 e. The third kappa shape index (κ3) is 1.53. The van der Waals surface area contributed by atoms with Gasteiger partial charge in [-0.05, 0) is 24.0 Å². The molecule has 0 amide bonds. The molecule has 4 heteroatoms. The number of benzene rings is 1. The highest BCUT2D eigenvalue weighted by molar-refractivity contribution is 5.64. The van der Waals surface area contributed by atoms with Crippen LogP contribution >= 0.6 is 0 Å². The van der Waals surface area contributed by atoms with Crippen molar-refractivity contribution in [1.29, 1.82) is 0 Å². The molecule has 2 N–H and O–H groups in total. The van der Waals surface area contributed by atoms with E-state index in [0.717, 1.165) is 32.4 Å². The van der Waals surface area contributed by atoms with Crippen molar-refractivity contribution in [2.45, 2.75) is 43.7 Å². The van der Waals surface area contributed by atoms with Crippen LogP contribution in [0, 0.1) is 23.0 Å². The monoisotopic (exact) mass is 314 g/mol. The van der Waals surface area contributed by atoms with Crippen molar-refractivity contribution in [2.24, 2.45) is 17.8 Å². The van der Waals surface area contributed by atoms with E-state index in [0.29, 0.717) is 11.8 Å². The van der Waals surface area contributed by atoms with Crippen molar-refractivity contribution in [3.63, 3.8) is 0 Å². The fraction of sp³-hybridized carbons (Fsp3) is 0.684. The molecule has 1 aliphatic carbocycles. The Kier molecular flexibility index (Phi) is 2.79. The Morgan fingerprint density at radius 2 is 2.22 bits per heavy atom. The molecule has 2 saturated heterocycles. The van der Waals surface area contributed by atoms with Crippen molar-refractivity contribution in [1.82, 2.24) is 0 Å². The van der Waals surface area contributed by atoms with Gasteiger partial charge in [0.25, 0.3) is 0 Å². The quantitative estimate of drug-likeness (QED) is 0.651. The number of hydroxylamine groups is 3. The third-order valence-electron chi connectivity index (χ3n) is 7.72. The molecule has 0 aromatic heterocycles. The Balaban J connectivity index is 1.71. The lowest BCUT2D eigenvalue weighted by Crippen LogP contribution is -2.68. The SMILES string of the molecule is CC[C@@H]1C[N+]2([O-])CC[C@]34c5ccccc5N[C@H]3[C@@H](CO)[C@H]1C[C@@H]42. The maximum absolute atomic E-state index is 13.6. The van der Waals surface area contributed by atoms with Gasteiger partial charge in [0.1, 0.15) is 6.04 Å². The molecular formula is C19H26N2O2. The molecule has 4 aliphatic rings. The van der Waals surface area contributed by atoms with Gasteiger partial charge in [-0.1, -0.05) is 25.1 Å². The maximum Gasteiger partial charge on any atom is 0.101 e. The molecule has 23 heavy (non-hydrogen) atoms. The summed E-state index contributed by atoms with van der Waals surface area (Å²) < 4.78 is 0.0136. The predicted molar refractivity (Wildman–Crippen MR) is 89.8 cm³/mol. The Labute approximate surface area is 137 Å². The van der Waals surface area contributed by atoms with Crippen LogP contribution in [0.15, 0.2) is 24.3 Å². The number of aliphatic hydroxyl groups is 1. The van der Waals surface area contributed by atoms with E-state index in [1.165, 1.54) is 11.3 Å². The average molecular weight is 314 g/mol. The van der Waals surface area contributed by atoms with E-state index in [2.05, 4.69) is 36.5 Å². The molecule has 3 fully saturated rings. The minimum atomic E-state index is -0.0546. The maximum atomic E-state index is 13.6. The first-order valence-corrected chi connectivity index (χ1v) is 9.18. The van der Waals surface area contributed by atoms with Crippen LogP contribution in [0.25, 0.3) is 0 Å². The van der Waals surface area contributed by atoms with E-state index >= 15 is 0 Å². The Morgan fingerprint density at radius 3 is 3.00 bits per heavy atom. The Hall–Kier alpha value is -1.10. The topological polar surface area (TPSA) is 55.3 Å². The number of hydrogen-bond donors (Lipinski definition) is 2. The minimum absolute atomic E-state index is 0.0136. The van der Waals surface area contributed by atoms with Crippen molar-refractivity contribution in [3.05, 3.63) is 35.0 Å². The molecule has 1 spiro atoms. The summed E-state index contributed by atoms with van der Waals surface area (Å²) in [7, 11) is 0. The van der Waals surface area contributed by atoms with E-state index in [1.807, 2.05) is 0 Å². The number of nitrogens with one attached hydrogen (secondary N) is 1. The lowest BCUT2D eigenvalue weighted by Gasteiger charge is -2.61. The fourth-order valence-corrected chi connectivity index (χ4v) is 6.81. The van der Waals surface area contributed by atoms with Crippen molar-refractivity contribution >= 4 is 5.69 Å². The van der Waals surface area contributed by atoms with Gasteiger partial charge in [0, 0.05) is 43.0 Å². The number of rotatable bonds is 2. The predicted octanol–water partition coefficient (Wildman–Crippen LogP) is 2.47. The minimum Gasteiger partial charge on any atom is -0.633 e. The standard InChI is InChI=1S/C19H26N2O2/c1-2-12-10-21(23)8-7-19-15-5-3-4-6-16(15)20-18(19)14(11-22)13(12)9-17(19)21/h3-6,12-14,17-18,20,22H,2,7-11H2,1H3/t12-,13+,14+,17+,18+,19-,21?/m1/s1. The number of quaternary nitrogens is 1. The summed E-state index contributed by atoms with van der Waals surface area (Å²) in [6.07, 6.45) is 3.03. The smallest absolute Gasteiger partial charge is 0.101 e. The fourth-order valence-electron chi connectivity index (χ4n) is 6.81. The Bertz CT molecular complexity index is 650. The number of hydrogen-bond acceptors (Lipinski definition) is 3. The van der Waals surface area contributed by atoms with Crippen LogP contribution in [0.5, 0.6) is 0 Å². The highest BCUT2D eigenvalue weighted by Gasteiger charge is 2.70. The zero-order valence-corrected chi connectivity index (χ0v) is 13.7. The third-order valence-corrected chi connectivity index (χ3v) is 7.72. The molecule has 0 radical (unpaired) electrons. The van der Waals surface area contributed by atoms with E-state index in [9.17, 15) is 10.3 Å². The molecule has 1 saturated carbocycles. The molecule has 5 rings (SSSR count). The first-order valence-electron chi connectivity index (χ1n) is 9.18. The van der Waals surface area contributed by atoms with E-state index in [4.69, 9.17) is 0 Å². The van der Waals surface area contributed by atoms with Crippen LogP contribution in [0.3, 0.4) is 0 Å². The van der Waals surface area contributed by atoms with Crippen LogP contribution in [0.2, 0.25) is 0 Å². The van der Waals surface area contributed by atoms with Crippen molar-refractivity contribution < 1.29 is 9.75 Å². The van der Waals surface area contributed by atoms with Gasteiger partial charge in [0.2, 0.25) is 0 Å². The number of para-hydroxylation sites is 1. The number of nitrogens with zero attached hydrogens (tertiary/aromatic N) is 1. The van der Waals surface area contributed by atoms with E-state index in [1.54, 1.807) is 0 Å². The molecule has 3 heterocycles. The zero-order chi connectivity index (χ0) is 15.8. The molecule has 124 valence electrons. The number of piperidine rings is 1. The van der Waals surface area contributed by atoms with Crippen LogP contribution in [0.1, 0.15) is 31.7 Å². The normalized spacial score (nSPS) is 49.4. The second-order valence-electron chi connectivity index (χ2n) is 8.25. The van der Waals surface area contributed by atoms with Crippen LogP contribution in [-0.2, 0) is 5.41 Å². The number of aliphatic hydroxyl groups excluding tert-OH is 1. The van der Waals surface area contributed by atoms with Gasteiger partial charge < -0.3 is 20.3 Å². The van der Waals surface area contributed by atoms with Crippen molar-refractivity contribution in [2.75, 3.05) is 25.0 Å². The lowest BCUT2D eigenvalue weighted by molar-refractivity contribution is -0.907. The zero-order valence-electron chi connectivity index (χ0n) is 13.7. The molecule has 1 aromatic carbocycles.